The molecule has 1 fully saturated rings. The highest BCUT2D eigenvalue weighted by atomic mass is 32.2. The number of amides is 1. The fourth-order valence-corrected chi connectivity index (χ4v) is 3.25. The van der Waals surface area contributed by atoms with Crippen LogP contribution in [-0.2, 0) is 4.79 Å². The van der Waals surface area contributed by atoms with Gasteiger partial charge in [-0.15, -0.1) is 0 Å². The minimum Gasteiger partial charge on any atom is -0.481 e. The largest absolute Gasteiger partial charge is 0.481 e. The number of nitrogens with one attached hydrogen (secondary N) is 1. The van der Waals surface area contributed by atoms with Gasteiger partial charge < -0.3 is 10.1 Å². The van der Waals surface area contributed by atoms with Gasteiger partial charge in [0.15, 0.2) is 11.0 Å². The Morgan fingerprint density at radius 1 is 1.19 bits per heavy atom. The van der Waals surface area contributed by atoms with Gasteiger partial charge in [0.25, 0.3) is 5.91 Å². The van der Waals surface area contributed by atoms with Gasteiger partial charge in [0.1, 0.15) is 6.33 Å². The number of hydrogen-bond acceptors (Lipinski definition) is 7. The number of rotatable bonds is 3. The van der Waals surface area contributed by atoms with E-state index in [4.69, 9.17) is 4.74 Å². The first-order chi connectivity index (χ1) is 12.7. The van der Waals surface area contributed by atoms with Gasteiger partial charge in [0.2, 0.25) is 5.88 Å². The Bertz CT molecular complexity index is 1060. The number of amidine groups is 1. The van der Waals surface area contributed by atoms with Crippen molar-refractivity contribution in [2.24, 2.45) is 4.99 Å². The number of carbonyl (C=O) groups excluding carboxylic acids is 1. The van der Waals surface area contributed by atoms with Crippen molar-refractivity contribution < 1.29 is 9.53 Å². The number of thioether (sulfide) groups is 1. The fraction of sp³-hybridized carbons (Fsp3) is 0.0556. The summed E-state index contributed by atoms with van der Waals surface area (Å²) in [6, 6.07) is 11.3. The number of hydrogen-bond donors (Lipinski definition) is 1. The van der Waals surface area contributed by atoms with Crippen LogP contribution in [0, 0.1) is 0 Å². The fourth-order valence-electron chi connectivity index (χ4n) is 2.42. The molecule has 3 aromatic rings. The van der Waals surface area contributed by atoms with Crippen molar-refractivity contribution in [2.75, 3.05) is 7.11 Å². The topological polar surface area (TPSA) is 89.4 Å². The summed E-state index contributed by atoms with van der Waals surface area (Å²) < 4.78 is 5.04. The van der Waals surface area contributed by atoms with Crippen LogP contribution in [-0.4, -0.2) is 33.1 Å². The molecule has 2 aromatic heterocycles. The minimum absolute atomic E-state index is 0.193. The highest BCUT2D eigenvalue weighted by Gasteiger charge is 2.24. The van der Waals surface area contributed by atoms with Gasteiger partial charge in [-0.2, -0.15) is 0 Å². The molecule has 0 unspecified atom stereocenters. The summed E-state index contributed by atoms with van der Waals surface area (Å²) in [5.41, 5.74) is 1.84. The van der Waals surface area contributed by atoms with Crippen molar-refractivity contribution in [1.29, 1.82) is 0 Å². The lowest BCUT2D eigenvalue weighted by molar-refractivity contribution is -0.115. The zero-order valence-corrected chi connectivity index (χ0v) is 14.5. The minimum atomic E-state index is -0.193. The summed E-state index contributed by atoms with van der Waals surface area (Å²) in [4.78, 5) is 29.4. The molecule has 1 aromatic carbocycles. The molecule has 1 N–H and O–H groups in total. The molecule has 0 atom stereocenters. The average Bonchev–Trinajstić information content (AvgIpc) is 3.00. The lowest BCUT2D eigenvalue weighted by atomic mass is 10.1. The molecule has 7 nitrogen and oxygen atoms in total. The van der Waals surface area contributed by atoms with Gasteiger partial charge in [0.05, 0.1) is 17.5 Å². The molecule has 1 saturated heterocycles. The number of pyridine rings is 1. The van der Waals surface area contributed by atoms with E-state index >= 15 is 0 Å². The molecule has 0 bridgehead atoms. The average molecular weight is 363 g/mol. The van der Waals surface area contributed by atoms with E-state index in [0.29, 0.717) is 21.8 Å². The molecule has 26 heavy (non-hydrogen) atoms. The van der Waals surface area contributed by atoms with Crippen LogP contribution >= 0.6 is 11.8 Å². The van der Waals surface area contributed by atoms with Crippen molar-refractivity contribution >= 4 is 45.6 Å². The number of fused-ring (bicyclic) bond motifs is 1. The number of aliphatic imine (C=N–C) groups is 1. The molecule has 4 rings (SSSR count). The highest BCUT2D eigenvalue weighted by Crippen LogP contribution is 2.28. The van der Waals surface area contributed by atoms with E-state index in [0.717, 1.165) is 16.5 Å². The monoisotopic (exact) mass is 363 g/mol. The van der Waals surface area contributed by atoms with E-state index in [1.165, 1.54) is 25.2 Å². The first-order valence-electron chi connectivity index (χ1n) is 7.72. The molecule has 1 aliphatic heterocycles. The Hall–Kier alpha value is -3.26. The SMILES string of the molecule is COc1cc(/N=C2/NC(=O)/C(=C/c3ccc4ncccc4c3)S2)ncn1. The quantitative estimate of drug-likeness (QED) is 0.720. The van der Waals surface area contributed by atoms with Crippen LogP contribution in [0.1, 0.15) is 5.56 Å². The molecule has 0 radical (unpaired) electrons. The maximum Gasteiger partial charge on any atom is 0.264 e. The summed E-state index contributed by atoms with van der Waals surface area (Å²) in [5.74, 6) is 0.632. The molecular weight excluding hydrogens is 350 g/mol. The van der Waals surface area contributed by atoms with Gasteiger partial charge in [-0.05, 0) is 41.6 Å². The third kappa shape index (κ3) is 3.40. The Morgan fingerprint density at radius 2 is 2.12 bits per heavy atom. The van der Waals surface area contributed by atoms with Gasteiger partial charge in [-0.25, -0.2) is 15.0 Å². The number of methoxy groups -OCH3 is 1. The molecule has 8 heteroatoms. The number of ether oxygens (including phenoxy) is 1. The third-order valence-electron chi connectivity index (χ3n) is 3.63. The second-order valence-electron chi connectivity index (χ2n) is 5.36. The van der Waals surface area contributed by atoms with Crippen LogP contribution in [0.2, 0.25) is 0 Å². The first-order valence-corrected chi connectivity index (χ1v) is 8.53. The lowest BCUT2D eigenvalue weighted by Gasteiger charge is -1.99. The van der Waals surface area contributed by atoms with Gasteiger partial charge >= 0.3 is 0 Å². The highest BCUT2D eigenvalue weighted by molar-refractivity contribution is 8.18. The predicted molar refractivity (Wildman–Crippen MR) is 101 cm³/mol. The van der Waals surface area contributed by atoms with Crippen LogP contribution in [0.3, 0.4) is 0 Å². The summed E-state index contributed by atoms with van der Waals surface area (Å²) >= 11 is 1.26. The maximum absolute atomic E-state index is 12.2. The molecule has 0 spiro atoms. The number of carbonyl (C=O) groups is 1. The molecule has 128 valence electrons. The molecular formula is C18H13N5O2S. The van der Waals surface area contributed by atoms with Crippen LogP contribution in [0.25, 0.3) is 17.0 Å². The van der Waals surface area contributed by atoms with E-state index in [1.54, 1.807) is 12.3 Å². The normalized spacial score (nSPS) is 17.0. The van der Waals surface area contributed by atoms with Crippen LogP contribution in [0.4, 0.5) is 5.82 Å². The van der Waals surface area contributed by atoms with Crippen LogP contribution in [0.15, 0.2) is 58.8 Å². The maximum atomic E-state index is 12.2. The lowest BCUT2D eigenvalue weighted by Crippen LogP contribution is -2.19. The number of benzene rings is 1. The van der Waals surface area contributed by atoms with E-state index in [2.05, 4.69) is 25.3 Å². The zero-order chi connectivity index (χ0) is 17.9. The van der Waals surface area contributed by atoms with Crippen molar-refractivity contribution in [2.45, 2.75) is 0 Å². The van der Waals surface area contributed by atoms with Crippen molar-refractivity contribution in [3.05, 3.63) is 59.4 Å². The Balaban J connectivity index is 1.60. The van der Waals surface area contributed by atoms with E-state index in [9.17, 15) is 4.79 Å². The summed E-state index contributed by atoms with van der Waals surface area (Å²) in [6.07, 6.45) is 4.95. The molecule has 0 saturated carbocycles. The zero-order valence-electron chi connectivity index (χ0n) is 13.7. The Morgan fingerprint density at radius 3 is 3.00 bits per heavy atom. The van der Waals surface area contributed by atoms with Crippen LogP contribution in [0.5, 0.6) is 5.88 Å². The van der Waals surface area contributed by atoms with E-state index in [-0.39, 0.29) is 5.91 Å². The van der Waals surface area contributed by atoms with E-state index < -0.39 is 0 Å². The van der Waals surface area contributed by atoms with Crippen molar-refractivity contribution in [3.8, 4) is 5.88 Å². The van der Waals surface area contributed by atoms with Crippen molar-refractivity contribution in [1.82, 2.24) is 20.3 Å². The number of aromatic nitrogens is 3. The smallest absolute Gasteiger partial charge is 0.264 e. The van der Waals surface area contributed by atoms with E-state index in [1.807, 2.05) is 36.4 Å². The predicted octanol–water partition coefficient (Wildman–Crippen LogP) is 2.93. The second kappa shape index (κ2) is 6.93. The Labute approximate surface area is 153 Å². The van der Waals surface area contributed by atoms with Crippen molar-refractivity contribution in [3.63, 3.8) is 0 Å². The first kappa shape index (κ1) is 16.2. The molecule has 1 amide bonds. The van der Waals surface area contributed by atoms with Gasteiger partial charge in [-0.3, -0.25) is 9.78 Å². The summed E-state index contributed by atoms with van der Waals surface area (Å²) in [5, 5.41) is 4.22. The molecule has 3 heterocycles. The molecule has 1 aliphatic rings. The number of nitrogens with zero attached hydrogens (tertiary/aromatic N) is 4. The van der Waals surface area contributed by atoms with Gasteiger partial charge in [-0.1, -0.05) is 12.1 Å². The summed E-state index contributed by atoms with van der Waals surface area (Å²) in [7, 11) is 1.52. The van der Waals surface area contributed by atoms with Gasteiger partial charge in [0, 0.05) is 17.6 Å². The molecule has 0 aliphatic carbocycles. The summed E-state index contributed by atoms with van der Waals surface area (Å²) in [6.45, 7) is 0. The second-order valence-corrected chi connectivity index (χ2v) is 6.39. The standard InChI is InChI=1S/C18H13N5O2S/c1-25-16-9-15(20-10-21-16)22-18-23-17(24)14(26-18)8-11-4-5-13-12(7-11)3-2-6-19-13/h2-10H,1H3,(H,20,21,22,23,24)/b14-8-. The van der Waals surface area contributed by atoms with Crippen LogP contribution < -0.4 is 10.1 Å². The Kier molecular flexibility index (Phi) is 4.32. The third-order valence-corrected chi connectivity index (χ3v) is 4.54.